The van der Waals surface area contributed by atoms with Crippen LogP contribution in [-0.4, -0.2) is 48.7 Å². The number of pyridine rings is 3. The van der Waals surface area contributed by atoms with E-state index in [1.54, 1.807) is 0 Å². The first-order valence-electron chi connectivity index (χ1n) is 18.7. The van der Waals surface area contributed by atoms with Gasteiger partial charge in [0.25, 0.3) is 0 Å². The molecule has 7 rings (SSSR count). The van der Waals surface area contributed by atoms with Crippen LogP contribution in [0, 0.1) is 0 Å². The van der Waals surface area contributed by atoms with Crippen LogP contribution in [0.1, 0.15) is 77.5 Å². The van der Waals surface area contributed by atoms with Crippen molar-refractivity contribution >= 4 is 17.1 Å². The van der Waals surface area contributed by atoms with Crippen LogP contribution in [0.2, 0.25) is 0 Å². The zero-order valence-corrected chi connectivity index (χ0v) is 32.2. The van der Waals surface area contributed by atoms with Gasteiger partial charge >= 0.3 is 0 Å². The van der Waals surface area contributed by atoms with Crippen LogP contribution in [0.5, 0.6) is 0 Å². The molecule has 1 fully saturated rings. The van der Waals surface area contributed by atoms with Gasteiger partial charge in [0.05, 0.1) is 33.7 Å². The van der Waals surface area contributed by atoms with Crippen molar-refractivity contribution in [3.05, 3.63) is 163 Å². The van der Waals surface area contributed by atoms with E-state index in [1.807, 2.05) is 73.2 Å². The van der Waals surface area contributed by atoms with Crippen LogP contribution in [0.3, 0.4) is 0 Å². The Morgan fingerprint density at radius 2 is 0.648 bits per heavy atom. The second kappa shape index (κ2) is 15.2. The molecule has 0 amide bonds. The van der Waals surface area contributed by atoms with Crippen LogP contribution in [-0.2, 0) is 0 Å². The molecule has 1 aliphatic carbocycles. The zero-order chi connectivity index (χ0) is 37.8. The second-order valence-electron chi connectivity index (χ2n) is 15.5. The lowest BCUT2D eigenvalue weighted by Crippen LogP contribution is -2.51. The van der Waals surface area contributed by atoms with Gasteiger partial charge in [-0.05, 0) is 114 Å². The summed E-state index contributed by atoms with van der Waals surface area (Å²) in [4.78, 5) is 30.2. The molecule has 6 aromatic rings. The third kappa shape index (κ3) is 8.50. The van der Waals surface area contributed by atoms with Gasteiger partial charge in [-0.1, -0.05) is 91.0 Å². The molecule has 0 unspecified atom stereocenters. The van der Waals surface area contributed by atoms with Gasteiger partial charge in [0, 0.05) is 52.4 Å². The van der Waals surface area contributed by atoms with E-state index in [9.17, 15) is 0 Å². The molecule has 54 heavy (non-hydrogen) atoms. The Morgan fingerprint density at radius 1 is 0.389 bits per heavy atom. The van der Waals surface area contributed by atoms with E-state index in [0.717, 1.165) is 86.9 Å². The Labute approximate surface area is 320 Å². The molecule has 1 aliphatic rings. The van der Waals surface area contributed by atoms with Crippen molar-refractivity contribution in [2.24, 2.45) is 15.0 Å². The van der Waals surface area contributed by atoms with Crippen molar-refractivity contribution < 1.29 is 0 Å². The maximum Gasteiger partial charge on any atom is 0.0701 e. The van der Waals surface area contributed by atoms with Crippen LogP contribution < -0.4 is 0 Å². The lowest BCUT2D eigenvalue weighted by Gasteiger charge is -2.48. The van der Waals surface area contributed by atoms with Crippen molar-refractivity contribution in [2.75, 3.05) is 0 Å². The summed E-state index contributed by atoms with van der Waals surface area (Å²) in [7, 11) is 0. The smallest absolute Gasteiger partial charge is 0.0701 e. The average molecular weight is 709 g/mol. The zero-order valence-electron chi connectivity index (χ0n) is 32.2. The average Bonchev–Trinajstić information content (AvgIpc) is 3.18. The Balaban J connectivity index is 1.21. The van der Waals surface area contributed by atoms with Gasteiger partial charge in [-0.2, -0.15) is 0 Å². The first kappa shape index (κ1) is 36.5. The Bertz CT molecular complexity index is 2000. The summed E-state index contributed by atoms with van der Waals surface area (Å²) in [6.07, 6.45) is 7.89. The van der Waals surface area contributed by atoms with Crippen molar-refractivity contribution in [1.29, 1.82) is 0 Å². The van der Waals surface area contributed by atoms with Gasteiger partial charge in [0.1, 0.15) is 0 Å². The summed E-state index contributed by atoms with van der Waals surface area (Å²) < 4.78 is 0. The first-order chi connectivity index (χ1) is 26.0. The summed E-state index contributed by atoms with van der Waals surface area (Å²) in [6.45, 7) is 13.2. The molecule has 6 heteroatoms. The summed E-state index contributed by atoms with van der Waals surface area (Å²) in [5, 5.41) is 0. The first-order valence-corrected chi connectivity index (χ1v) is 18.7. The van der Waals surface area contributed by atoms with Gasteiger partial charge in [-0.25, -0.2) is 0 Å². The van der Waals surface area contributed by atoms with E-state index >= 15 is 0 Å². The number of rotatable bonds is 9. The molecule has 0 N–H and O–H groups in total. The van der Waals surface area contributed by atoms with E-state index in [-0.39, 0.29) is 0 Å². The van der Waals surface area contributed by atoms with Gasteiger partial charge in [-0.15, -0.1) is 0 Å². The fourth-order valence-electron chi connectivity index (χ4n) is 8.54. The maximum atomic E-state index is 5.53. The molecule has 1 saturated carbocycles. The van der Waals surface area contributed by atoms with E-state index in [1.165, 1.54) is 0 Å². The highest BCUT2D eigenvalue weighted by Crippen LogP contribution is 2.47. The van der Waals surface area contributed by atoms with Crippen LogP contribution in [0.15, 0.2) is 161 Å². The Morgan fingerprint density at radius 3 is 0.870 bits per heavy atom. The van der Waals surface area contributed by atoms with E-state index in [2.05, 4.69) is 129 Å². The molecule has 0 radical (unpaired) electrons. The Kier molecular flexibility index (Phi) is 10.3. The standard InChI is InChI=1S/C48H48N6/c1-34(37-16-22-40(23-17-37)43-13-7-10-28-49-43)52-46(4)31-47(5,53-35(2)38-18-24-41(25-19-38)44-14-8-11-29-50-44)33-48(6,32-46)54-36(3)39-20-26-42(27-21-39)45-15-9-12-30-51-45/h7-30H,31-33H2,1-6H3/b52-34-,53-35-,54-36-. The summed E-state index contributed by atoms with van der Waals surface area (Å²) in [5.41, 5.74) is 11.2. The molecule has 3 heterocycles. The SMILES string of the molecule is C/C(=N/C1(C)CC(C)(/N=C(/C)c2ccc(-c3ccccn3)cc2)CC(C)(/N=C(/C)c2ccc(-c3ccccn3)cc2)C1)c1ccc(-c2ccccn2)cc1. The third-order valence-electron chi connectivity index (χ3n) is 10.4. The minimum Gasteiger partial charge on any atom is -0.283 e. The van der Waals surface area contributed by atoms with Gasteiger partial charge < -0.3 is 0 Å². The molecule has 3 aromatic carbocycles. The number of aliphatic imine (C=N–C) groups is 3. The molecule has 3 aromatic heterocycles. The van der Waals surface area contributed by atoms with Crippen LogP contribution >= 0.6 is 0 Å². The maximum absolute atomic E-state index is 5.53. The molecule has 6 nitrogen and oxygen atoms in total. The predicted octanol–water partition coefficient (Wildman–Crippen LogP) is 11.2. The minimum absolute atomic E-state index is 0.412. The highest BCUT2D eigenvalue weighted by Gasteiger charge is 2.49. The molecule has 0 saturated heterocycles. The number of hydrogen-bond acceptors (Lipinski definition) is 6. The molecular weight excluding hydrogens is 661 g/mol. The number of aromatic nitrogens is 3. The Hall–Kier alpha value is -5.88. The summed E-state index contributed by atoms with van der Waals surface area (Å²) in [6, 6.07) is 43.7. The number of nitrogens with zero attached hydrogens (tertiary/aromatic N) is 6. The van der Waals surface area contributed by atoms with Crippen molar-refractivity contribution in [2.45, 2.75) is 77.4 Å². The normalized spacial score (nSPS) is 22.2. The van der Waals surface area contributed by atoms with Crippen LogP contribution in [0.4, 0.5) is 0 Å². The summed E-state index contributed by atoms with van der Waals surface area (Å²) in [5.74, 6) is 0. The lowest BCUT2D eigenvalue weighted by molar-refractivity contribution is 0.148. The largest absolute Gasteiger partial charge is 0.283 e. The number of benzene rings is 3. The van der Waals surface area contributed by atoms with Crippen molar-refractivity contribution in [1.82, 2.24) is 15.0 Å². The van der Waals surface area contributed by atoms with E-state index in [4.69, 9.17) is 15.0 Å². The second-order valence-corrected chi connectivity index (χ2v) is 15.5. The fourth-order valence-corrected chi connectivity index (χ4v) is 8.54. The fraction of sp³-hybridized carbons (Fsp3) is 0.250. The third-order valence-corrected chi connectivity index (χ3v) is 10.4. The van der Waals surface area contributed by atoms with E-state index in [0.29, 0.717) is 0 Å². The molecule has 270 valence electrons. The van der Waals surface area contributed by atoms with Crippen molar-refractivity contribution in [3.63, 3.8) is 0 Å². The molecule has 0 spiro atoms. The highest BCUT2D eigenvalue weighted by atomic mass is 15.0. The monoisotopic (exact) mass is 708 g/mol. The van der Waals surface area contributed by atoms with Gasteiger partial charge in [-0.3, -0.25) is 29.9 Å². The predicted molar refractivity (Wildman–Crippen MR) is 225 cm³/mol. The van der Waals surface area contributed by atoms with Gasteiger partial charge in [0.2, 0.25) is 0 Å². The highest BCUT2D eigenvalue weighted by molar-refractivity contribution is 6.01. The molecule has 0 aliphatic heterocycles. The topological polar surface area (TPSA) is 75.8 Å². The quantitative estimate of drug-likeness (QED) is 0.140. The van der Waals surface area contributed by atoms with E-state index < -0.39 is 16.6 Å². The minimum atomic E-state index is -0.412. The molecule has 0 bridgehead atoms. The molecule has 0 atom stereocenters. The summed E-state index contributed by atoms with van der Waals surface area (Å²) >= 11 is 0. The lowest BCUT2D eigenvalue weighted by atomic mass is 9.65. The van der Waals surface area contributed by atoms with Crippen molar-refractivity contribution in [3.8, 4) is 33.8 Å². The number of hydrogen-bond donors (Lipinski definition) is 0. The van der Waals surface area contributed by atoms with Crippen LogP contribution in [0.25, 0.3) is 33.8 Å². The molecular formula is C48H48N6. The van der Waals surface area contributed by atoms with Gasteiger partial charge in [0.15, 0.2) is 0 Å².